The van der Waals surface area contributed by atoms with Gasteiger partial charge in [0.2, 0.25) is 0 Å². The molecular weight excluding hydrogens is 221 g/mol. The number of rotatable bonds is 12. The summed E-state index contributed by atoms with van der Waals surface area (Å²) in [6.07, 6.45) is 9.86. The standard InChI is InChI=1S/C15H34BNO/c1-5-9-12-15(8-4,18-16)17(13-10-6-2)14-11-7-3/h5-14,16H2,1-4H3. The summed E-state index contributed by atoms with van der Waals surface area (Å²) in [5.41, 5.74) is -0.0135. The zero-order valence-electron chi connectivity index (χ0n) is 13.4. The predicted molar refractivity (Wildman–Crippen MR) is 83.6 cm³/mol. The average Bonchev–Trinajstić information content (AvgIpc) is 2.42. The molecule has 0 aliphatic heterocycles. The third kappa shape index (κ3) is 5.75. The highest BCUT2D eigenvalue weighted by Crippen LogP contribution is 2.28. The maximum absolute atomic E-state index is 5.97. The molecule has 18 heavy (non-hydrogen) atoms. The first-order valence-electron chi connectivity index (χ1n) is 8.00. The first kappa shape index (κ1) is 18.0. The maximum Gasteiger partial charge on any atom is 0.259 e. The first-order chi connectivity index (χ1) is 8.70. The van der Waals surface area contributed by atoms with Gasteiger partial charge in [0.1, 0.15) is 5.72 Å². The second-order valence-electron chi connectivity index (χ2n) is 5.30. The van der Waals surface area contributed by atoms with E-state index in [0.29, 0.717) is 0 Å². The first-order valence-corrected chi connectivity index (χ1v) is 8.00. The molecule has 1 unspecified atom stereocenters. The van der Waals surface area contributed by atoms with E-state index in [1.165, 1.54) is 58.0 Å². The van der Waals surface area contributed by atoms with Crippen LogP contribution in [-0.4, -0.2) is 31.8 Å². The number of hydrogen-bond donors (Lipinski definition) is 0. The van der Waals surface area contributed by atoms with Crippen molar-refractivity contribution in [3.05, 3.63) is 0 Å². The van der Waals surface area contributed by atoms with Crippen molar-refractivity contribution in [2.45, 2.75) is 84.8 Å². The van der Waals surface area contributed by atoms with Crippen molar-refractivity contribution in [2.75, 3.05) is 13.1 Å². The molecular formula is C15H34BNO. The van der Waals surface area contributed by atoms with E-state index < -0.39 is 0 Å². The van der Waals surface area contributed by atoms with E-state index in [2.05, 4.69) is 32.6 Å². The number of hydrogen-bond acceptors (Lipinski definition) is 2. The van der Waals surface area contributed by atoms with Crippen LogP contribution in [0.25, 0.3) is 0 Å². The molecule has 2 nitrogen and oxygen atoms in total. The van der Waals surface area contributed by atoms with Gasteiger partial charge in [0.25, 0.3) is 8.05 Å². The Labute approximate surface area is 116 Å². The smallest absolute Gasteiger partial charge is 0.259 e. The molecule has 108 valence electrons. The van der Waals surface area contributed by atoms with Gasteiger partial charge in [-0.3, -0.25) is 4.90 Å². The van der Waals surface area contributed by atoms with Crippen LogP contribution in [0, 0.1) is 0 Å². The van der Waals surface area contributed by atoms with E-state index in [9.17, 15) is 0 Å². The Hall–Kier alpha value is -0.0151. The van der Waals surface area contributed by atoms with E-state index in [1.807, 2.05) is 8.05 Å². The van der Waals surface area contributed by atoms with Gasteiger partial charge in [0.05, 0.1) is 0 Å². The number of unbranched alkanes of at least 4 members (excludes halogenated alkanes) is 3. The lowest BCUT2D eigenvalue weighted by atomic mass is 9.98. The van der Waals surface area contributed by atoms with Crippen molar-refractivity contribution in [3.8, 4) is 0 Å². The molecule has 0 bridgehead atoms. The van der Waals surface area contributed by atoms with Crippen LogP contribution < -0.4 is 0 Å². The monoisotopic (exact) mass is 255 g/mol. The Bertz CT molecular complexity index is 175. The molecule has 0 spiro atoms. The summed E-state index contributed by atoms with van der Waals surface area (Å²) in [6, 6.07) is 0. The molecule has 0 amide bonds. The van der Waals surface area contributed by atoms with E-state index in [-0.39, 0.29) is 5.72 Å². The Morgan fingerprint density at radius 2 is 1.39 bits per heavy atom. The summed E-state index contributed by atoms with van der Waals surface area (Å²) < 4.78 is 5.97. The van der Waals surface area contributed by atoms with Gasteiger partial charge < -0.3 is 4.65 Å². The second kappa shape index (κ2) is 10.9. The molecule has 0 heterocycles. The Balaban J connectivity index is 4.68. The fourth-order valence-corrected chi connectivity index (χ4v) is 2.60. The third-order valence-electron chi connectivity index (χ3n) is 3.99. The quantitative estimate of drug-likeness (QED) is 0.389. The molecule has 0 aliphatic carbocycles. The highest BCUT2D eigenvalue weighted by atomic mass is 16.5. The van der Waals surface area contributed by atoms with Gasteiger partial charge in [-0.15, -0.1) is 0 Å². The van der Waals surface area contributed by atoms with Crippen LogP contribution >= 0.6 is 0 Å². The lowest BCUT2D eigenvalue weighted by Crippen LogP contribution is -2.51. The van der Waals surface area contributed by atoms with E-state index in [4.69, 9.17) is 4.65 Å². The lowest BCUT2D eigenvalue weighted by Gasteiger charge is -2.43. The van der Waals surface area contributed by atoms with Crippen LogP contribution in [0.1, 0.15) is 79.1 Å². The highest BCUT2D eigenvalue weighted by Gasteiger charge is 2.32. The van der Waals surface area contributed by atoms with Crippen LogP contribution in [-0.2, 0) is 4.65 Å². The predicted octanol–water partition coefficient (Wildman–Crippen LogP) is 3.75. The summed E-state index contributed by atoms with van der Waals surface area (Å²) >= 11 is 0. The zero-order chi connectivity index (χ0) is 13.9. The van der Waals surface area contributed by atoms with Gasteiger partial charge >= 0.3 is 0 Å². The second-order valence-corrected chi connectivity index (χ2v) is 5.30. The third-order valence-corrected chi connectivity index (χ3v) is 3.99. The Kier molecular flexibility index (Phi) is 10.9. The molecule has 0 saturated heterocycles. The van der Waals surface area contributed by atoms with Crippen molar-refractivity contribution in [1.29, 1.82) is 0 Å². The molecule has 0 radical (unpaired) electrons. The maximum atomic E-state index is 5.97. The van der Waals surface area contributed by atoms with Crippen LogP contribution in [0.5, 0.6) is 0 Å². The van der Waals surface area contributed by atoms with Gasteiger partial charge in [-0.25, -0.2) is 0 Å². The minimum Gasteiger partial charge on any atom is -0.427 e. The average molecular weight is 255 g/mol. The number of nitrogens with zero attached hydrogens (tertiary/aromatic N) is 1. The summed E-state index contributed by atoms with van der Waals surface area (Å²) in [6.45, 7) is 11.4. The van der Waals surface area contributed by atoms with Crippen molar-refractivity contribution in [1.82, 2.24) is 4.90 Å². The minimum atomic E-state index is -0.0135. The fraction of sp³-hybridized carbons (Fsp3) is 1.00. The summed E-state index contributed by atoms with van der Waals surface area (Å²) in [4.78, 5) is 2.61. The molecule has 0 aliphatic rings. The van der Waals surface area contributed by atoms with E-state index >= 15 is 0 Å². The topological polar surface area (TPSA) is 12.5 Å². The molecule has 0 aromatic rings. The Morgan fingerprint density at radius 1 is 0.889 bits per heavy atom. The fourth-order valence-electron chi connectivity index (χ4n) is 2.60. The van der Waals surface area contributed by atoms with Crippen molar-refractivity contribution in [2.24, 2.45) is 0 Å². The molecule has 0 rings (SSSR count). The summed E-state index contributed by atoms with van der Waals surface area (Å²) in [5, 5.41) is 0. The van der Waals surface area contributed by atoms with Gasteiger partial charge in [-0.2, -0.15) is 0 Å². The largest absolute Gasteiger partial charge is 0.427 e. The van der Waals surface area contributed by atoms with Crippen molar-refractivity contribution < 1.29 is 4.65 Å². The van der Waals surface area contributed by atoms with Crippen LogP contribution in [0.3, 0.4) is 0 Å². The SMILES string of the molecule is BOC(CC)(CCCC)N(CCCC)CCCC. The molecule has 0 aromatic heterocycles. The van der Waals surface area contributed by atoms with Gasteiger partial charge in [-0.05, 0) is 32.1 Å². The molecule has 0 saturated carbocycles. The van der Waals surface area contributed by atoms with E-state index in [0.717, 1.165) is 6.42 Å². The molecule has 0 fully saturated rings. The van der Waals surface area contributed by atoms with Gasteiger partial charge in [-0.1, -0.05) is 47.0 Å². The Morgan fingerprint density at radius 3 is 1.72 bits per heavy atom. The highest BCUT2D eigenvalue weighted by molar-refractivity contribution is 5.98. The summed E-state index contributed by atoms with van der Waals surface area (Å²) in [7, 11) is 1.89. The minimum absolute atomic E-state index is 0.0135. The molecule has 1 atom stereocenters. The van der Waals surface area contributed by atoms with Crippen LogP contribution in [0.15, 0.2) is 0 Å². The van der Waals surface area contributed by atoms with Crippen LogP contribution in [0.2, 0.25) is 0 Å². The summed E-state index contributed by atoms with van der Waals surface area (Å²) in [5.74, 6) is 0. The molecule has 3 heteroatoms. The zero-order valence-corrected chi connectivity index (χ0v) is 13.4. The van der Waals surface area contributed by atoms with Crippen molar-refractivity contribution >= 4 is 8.05 Å². The molecule has 0 N–H and O–H groups in total. The van der Waals surface area contributed by atoms with E-state index in [1.54, 1.807) is 0 Å². The lowest BCUT2D eigenvalue weighted by molar-refractivity contribution is -0.0936. The van der Waals surface area contributed by atoms with Gasteiger partial charge in [0, 0.05) is 13.1 Å². The van der Waals surface area contributed by atoms with Gasteiger partial charge in [0.15, 0.2) is 0 Å². The molecule has 0 aromatic carbocycles. The van der Waals surface area contributed by atoms with Crippen LogP contribution in [0.4, 0.5) is 0 Å². The van der Waals surface area contributed by atoms with Crippen molar-refractivity contribution in [3.63, 3.8) is 0 Å². The normalized spacial score (nSPS) is 14.9.